The van der Waals surface area contributed by atoms with Crippen LogP contribution in [0.4, 0.5) is 0 Å². The molecule has 0 aromatic carbocycles. The van der Waals surface area contributed by atoms with E-state index in [9.17, 15) is 0 Å². The van der Waals surface area contributed by atoms with Gasteiger partial charge in [-0.2, -0.15) is 5.10 Å². The van der Waals surface area contributed by atoms with Gasteiger partial charge < -0.3 is 5.73 Å². The van der Waals surface area contributed by atoms with E-state index >= 15 is 0 Å². The summed E-state index contributed by atoms with van der Waals surface area (Å²) in [5.74, 6) is 5.62. The summed E-state index contributed by atoms with van der Waals surface area (Å²) in [7, 11) is 0. The molecule has 0 radical (unpaired) electrons. The van der Waals surface area contributed by atoms with E-state index < -0.39 is 0 Å². The Morgan fingerprint density at radius 3 is 3.21 bits per heavy atom. The summed E-state index contributed by atoms with van der Waals surface area (Å²) in [5, 5.41) is 4.49. The van der Waals surface area contributed by atoms with E-state index in [1.807, 2.05) is 0 Å². The summed E-state index contributed by atoms with van der Waals surface area (Å²) >= 11 is 5.76. The van der Waals surface area contributed by atoms with Crippen molar-refractivity contribution in [3.8, 4) is 11.8 Å². The van der Waals surface area contributed by atoms with Gasteiger partial charge in [-0.05, 0) is 6.07 Å². The first kappa shape index (κ1) is 9.00. The number of aromatic nitrogens is 3. The van der Waals surface area contributed by atoms with E-state index in [-0.39, 0.29) is 0 Å². The Morgan fingerprint density at radius 2 is 2.43 bits per heavy atom. The SMILES string of the molecule is NCC#Cc1cnn2ccc(Cl)nc12. The normalized spacial score (nSPS) is 9.86. The minimum atomic E-state index is 0.317. The minimum Gasteiger partial charge on any atom is -0.320 e. The van der Waals surface area contributed by atoms with Gasteiger partial charge in [-0.3, -0.25) is 0 Å². The van der Waals surface area contributed by atoms with Gasteiger partial charge >= 0.3 is 0 Å². The Labute approximate surface area is 85.7 Å². The van der Waals surface area contributed by atoms with Crippen LogP contribution in [0.3, 0.4) is 0 Å². The molecule has 0 unspecified atom stereocenters. The molecular formula is C9H7ClN4. The summed E-state index contributed by atoms with van der Waals surface area (Å²) in [6.07, 6.45) is 3.37. The Balaban J connectivity index is 2.61. The highest BCUT2D eigenvalue weighted by atomic mass is 35.5. The predicted octanol–water partition coefficient (Wildman–Crippen LogP) is 0.693. The number of nitrogens with zero attached hydrogens (tertiary/aromatic N) is 3. The van der Waals surface area contributed by atoms with Crippen molar-refractivity contribution in [2.75, 3.05) is 6.54 Å². The largest absolute Gasteiger partial charge is 0.320 e. The van der Waals surface area contributed by atoms with Crippen molar-refractivity contribution in [3.05, 3.63) is 29.2 Å². The Bertz CT molecular complexity index is 520. The van der Waals surface area contributed by atoms with E-state index in [4.69, 9.17) is 17.3 Å². The second-order valence-corrected chi connectivity index (χ2v) is 2.97. The van der Waals surface area contributed by atoms with Crippen molar-refractivity contribution in [3.63, 3.8) is 0 Å². The fourth-order valence-electron chi connectivity index (χ4n) is 1.08. The summed E-state index contributed by atoms with van der Waals surface area (Å²) in [6, 6.07) is 1.67. The predicted molar refractivity (Wildman–Crippen MR) is 53.9 cm³/mol. The molecule has 2 rings (SSSR count). The van der Waals surface area contributed by atoms with Crippen LogP contribution in [0.15, 0.2) is 18.5 Å². The summed E-state index contributed by atoms with van der Waals surface area (Å²) < 4.78 is 1.62. The number of fused-ring (bicyclic) bond motifs is 1. The maximum absolute atomic E-state index is 5.76. The van der Waals surface area contributed by atoms with Gasteiger partial charge in [0, 0.05) is 6.20 Å². The summed E-state index contributed by atoms with van der Waals surface area (Å²) in [6.45, 7) is 0.317. The molecule has 2 aromatic heterocycles. The van der Waals surface area contributed by atoms with Crippen LogP contribution < -0.4 is 5.73 Å². The highest BCUT2D eigenvalue weighted by Gasteiger charge is 2.02. The molecule has 0 fully saturated rings. The van der Waals surface area contributed by atoms with Gasteiger partial charge in [0.15, 0.2) is 5.65 Å². The lowest BCUT2D eigenvalue weighted by Gasteiger charge is -1.92. The number of nitrogens with two attached hydrogens (primary N) is 1. The minimum absolute atomic E-state index is 0.317. The first-order valence-corrected chi connectivity index (χ1v) is 4.38. The number of halogens is 1. The Morgan fingerprint density at radius 1 is 1.57 bits per heavy atom. The van der Waals surface area contributed by atoms with Crippen LogP contribution in [0.2, 0.25) is 5.15 Å². The van der Waals surface area contributed by atoms with Crippen LogP contribution in [-0.4, -0.2) is 21.1 Å². The number of hydrogen-bond acceptors (Lipinski definition) is 3. The molecular weight excluding hydrogens is 200 g/mol. The van der Waals surface area contributed by atoms with Gasteiger partial charge in [-0.25, -0.2) is 9.50 Å². The third-order valence-corrected chi connectivity index (χ3v) is 1.87. The van der Waals surface area contributed by atoms with Crippen LogP contribution in [0.1, 0.15) is 5.56 Å². The molecule has 5 heteroatoms. The van der Waals surface area contributed by atoms with E-state index in [1.54, 1.807) is 23.0 Å². The quantitative estimate of drug-likeness (QED) is 0.510. The monoisotopic (exact) mass is 206 g/mol. The van der Waals surface area contributed by atoms with Crippen molar-refractivity contribution in [1.82, 2.24) is 14.6 Å². The van der Waals surface area contributed by atoms with Crippen molar-refractivity contribution in [2.45, 2.75) is 0 Å². The fraction of sp³-hybridized carbons (Fsp3) is 0.111. The zero-order valence-corrected chi connectivity index (χ0v) is 7.99. The molecule has 4 nitrogen and oxygen atoms in total. The Kier molecular flexibility index (Phi) is 2.35. The zero-order chi connectivity index (χ0) is 9.97. The van der Waals surface area contributed by atoms with Crippen LogP contribution in [0, 0.1) is 11.8 Å². The standard InChI is InChI=1S/C9H7ClN4/c10-8-3-5-14-9(13-8)7(6-12-14)2-1-4-11/h3,5-6H,4,11H2. The van der Waals surface area contributed by atoms with Crippen LogP contribution in [0.5, 0.6) is 0 Å². The topological polar surface area (TPSA) is 56.2 Å². The lowest BCUT2D eigenvalue weighted by atomic mass is 10.3. The van der Waals surface area contributed by atoms with Crippen LogP contribution >= 0.6 is 11.6 Å². The van der Waals surface area contributed by atoms with E-state index in [2.05, 4.69) is 21.9 Å². The highest BCUT2D eigenvalue weighted by molar-refractivity contribution is 6.29. The molecule has 0 spiro atoms. The van der Waals surface area contributed by atoms with Crippen LogP contribution in [-0.2, 0) is 0 Å². The second-order valence-electron chi connectivity index (χ2n) is 2.58. The molecule has 0 aliphatic heterocycles. The first-order valence-electron chi connectivity index (χ1n) is 4.00. The van der Waals surface area contributed by atoms with Gasteiger partial charge in [0.25, 0.3) is 0 Å². The summed E-state index contributed by atoms with van der Waals surface area (Å²) in [4.78, 5) is 4.11. The van der Waals surface area contributed by atoms with Crippen LogP contribution in [0.25, 0.3) is 5.65 Å². The molecule has 2 aromatic rings. The third kappa shape index (κ3) is 1.55. The maximum atomic E-state index is 5.76. The molecule has 0 aliphatic rings. The van der Waals surface area contributed by atoms with Crippen molar-refractivity contribution in [1.29, 1.82) is 0 Å². The first-order chi connectivity index (χ1) is 6.81. The van der Waals surface area contributed by atoms with Gasteiger partial charge in [0.05, 0.1) is 18.3 Å². The van der Waals surface area contributed by atoms with Crippen molar-refractivity contribution in [2.24, 2.45) is 5.73 Å². The molecule has 70 valence electrons. The molecule has 0 saturated carbocycles. The third-order valence-electron chi connectivity index (χ3n) is 1.66. The molecule has 0 bridgehead atoms. The summed E-state index contributed by atoms with van der Waals surface area (Å²) in [5.41, 5.74) is 6.66. The lowest BCUT2D eigenvalue weighted by Crippen LogP contribution is -1.93. The van der Waals surface area contributed by atoms with E-state index in [0.29, 0.717) is 17.3 Å². The van der Waals surface area contributed by atoms with Gasteiger partial charge in [0.1, 0.15) is 5.15 Å². The molecule has 0 aliphatic carbocycles. The molecule has 14 heavy (non-hydrogen) atoms. The highest BCUT2D eigenvalue weighted by Crippen LogP contribution is 2.10. The number of hydrogen-bond donors (Lipinski definition) is 1. The number of rotatable bonds is 0. The van der Waals surface area contributed by atoms with Gasteiger partial charge in [-0.15, -0.1) is 0 Å². The van der Waals surface area contributed by atoms with Crippen molar-refractivity contribution < 1.29 is 0 Å². The molecule has 0 atom stereocenters. The maximum Gasteiger partial charge on any atom is 0.172 e. The van der Waals surface area contributed by atoms with Crippen molar-refractivity contribution >= 4 is 17.2 Å². The average Bonchev–Trinajstić information content (AvgIpc) is 2.57. The zero-order valence-electron chi connectivity index (χ0n) is 7.24. The second kappa shape index (κ2) is 3.66. The molecule has 0 saturated heterocycles. The molecule has 0 amide bonds. The fourth-order valence-corrected chi connectivity index (χ4v) is 1.22. The molecule has 2 heterocycles. The lowest BCUT2D eigenvalue weighted by molar-refractivity contribution is 0.939. The van der Waals surface area contributed by atoms with Gasteiger partial charge in [0.2, 0.25) is 0 Å². The smallest absolute Gasteiger partial charge is 0.172 e. The van der Waals surface area contributed by atoms with Gasteiger partial charge in [-0.1, -0.05) is 23.4 Å². The molecule has 2 N–H and O–H groups in total. The van der Waals surface area contributed by atoms with E-state index in [1.165, 1.54) is 0 Å². The Hall–Kier alpha value is -1.57. The van der Waals surface area contributed by atoms with E-state index in [0.717, 1.165) is 5.56 Å². The average molecular weight is 207 g/mol.